The van der Waals surface area contributed by atoms with Gasteiger partial charge in [-0.25, -0.2) is 4.98 Å². The Bertz CT molecular complexity index is 861. The molecule has 9 heteroatoms. The Kier molecular flexibility index (Phi) is 4.83. The van der Waals surface area contributed by atoms with E-state index < -0.39 is 15.6 Å². The molecule has 3 heterocycles. The average Bonchev–Trinajstić information content (AvgIpc) is 3.05. The van der Waals surface area contributed by atoms with Gasteiger partial charge in [0.1, 0.15) is 0 Å². The van der Waals surface area contributed by atoms with Crippen LogP contribution in [-0.4, -0.2) is 77.7 Å². The number of amides is 1. The Morgan fingerprint density at radius 3 is 2.61 bits per heavy atom. The molecule has 4 rings (SSSR count). The van der Waals surface area contributed by atoms with Crippen molar-refractivity contribution in [1.29, 1.82) is 0 Å². The molecule has 1 aliphatic carbocycles. The van der Waals surface area contributed by atoms with Crippen LogP contribution in [0.5, 0.6) is 0 Å². The highest BCUT2D eigenvalue weighted by atomic mass is 32.2. The van der Waals surface area contributed by atoms with Gasteiger partial charge in [0, 0.05) is 58.4 Å². The van der Waals surface area contributed by atoms with Gasteiger partial charge >= 0.3 is 0 Å². The molecular formula is C19H31N5O3S. The smallest absolute Gasteiger partial charge is 0.281 e. The molecule has 0 bridgehead atoms. The molecule has 3 aliphatic rings. The number of nitrogens with zero attached hydrogens (tertiary/aromatic N) is 5. The number of carbonyl (C=O) groups is 1. The van der Waals surface area contributed by atoms with E-state index in [1.54, 1.807) is 20.4 Å². The molecule has 2 unspecified atom stereocenters. The molecular weight excluding hydrogens is 378 g/mol. The zero-order chi connectivity index (χ0) is 20.3. The second kappa shape index (κ2) is 6.81. The van der Waals surface area contributed by atoms with Gasteiger partial charge in [0.05, 0.1) is 17.4 Å². The molecule has 1 amide bonds. The Hall–Kier alpha value is -1.45. The molecule has 3 fully saturated rings. The van der Waals surface area contributed by atoms with Gasteiger partial charge in [-0.3, -0.25) is 4.79 Å². The van der Waals surface area contributed by atoms with Crippen molar-refractivity contribution in [3.05, 3.63) is 18.2 Å². The molecule has 28 heavy (non-hydrogen) atoms. The summed E-state index contributed by atoms with van der Waals surface area (Å²) in [5.74, 6) is 0.527. The molecule has 0 radical (unpaired) electrons. The monoisotopic (exact) mass is 409 g/mol. The third-order valence-electron chi connectivity index (χ3n) is 6.59. The van der Waals surface area contributed by atoms with E-state index in [1.165, 1.54) is 21.5 Å². The van der Waals surface area contributed by atoms with Crippen molar-refractivity contribution >= 4 is 16.1 Å². The lowest BCUT2D eigenvalue weighted by atomic mass is 9.75. The highest BCUT2D eigenvalue weighted by Gasteiger charge is 2.60. The Labute approximate surface area is 167 Å². The van der Waals surface area contributed by atoms with Crippen molar-refractivity contribution in [1.82, 2.24) is 23.1 Å². The van der Waals surface area contributed by atoms with Gasteiger partial charge in [-0.2, -0.15) is 17.0 Å². The summed E-state index contributed by atoms with van der Waals surface area (Å²) in [5.41, 5.74) is 0.125. The molecule has 1 saturated carbocycles. The quantitative estimate of drug-likeness (QED) is 0.709. The summed E-state index contributed by atoms with van der Waals surface area (Å²) >= 11 is 0. The predicted octanol–water partition coefficient (Wildman–Crippen LogP) is 1.30. The second-order valence-electron chi connectivity index (χ2n) is 9.08. The number of aromatic nitrogens is 2. The van der Waals surface area contributed by atoms with E-state index in [0.717, 1.165) is 12.2 Å². The van der Waals surface area contributed by atoms with Crippen LogP contribution in [0.2, 0.25) is 0 Å². The van der Waals surface area contributed by atoms with E-state index in [2.05, 4.69) is 18.8 Å². The number of hydrogen-bond acceptors (Lipinski definition) is 4. The van der Waals surface area contributed by atoms with Gasteiger partial charge in [0.15, 0.2) is 0 Å². The first-order valence-electron chi connectivity index (χ1n) is 10.2. The summed E-state index contributed by atoms with van der Waals surface area (Å²) in [6.07, 6.45) is 6.86. The lowest BCUT2D eigenvalue weighted by Gasteiger charge is -2.28. The van der Waals surface area contributed by atoms with E-state index in [-0.39, 0.29) is 24.4 Å². The molecule has 156 valence electrons. The Morgan fingerprint density at radius 1 is 1.32 bits per heavy atom. The second-order valence-corrected chi connectivity index (χ2v) is 11.2. The zero-order valence-electron chi connectivity index (χ0n) is 17.2. The van der Waals surface area contributed by atoms with Gasteiger partial charge in [-0.05, 0) is 39.0 Å². The van der Waals surface area contributed by atoms with E-state index in [9.17, 15) is 13.2 Å². The lowest BCUT2D eigenvalue weighted by molar-refractivity contribution is -0.136. The van der Waals surface area contributed by atoms with E-state index in [1.807, 2.05) is 15.7 Å². The van der Waals surface area contributed by atoms with E-state index >= 15 is 0 Å². The highest BCUT2D eigenvalue weighted by Crippen LogP contribution is 2.51. The van der Waals surface area contributed by atoms with Gasteiger partial charge < -0.3 is 9.47 Å². The Morgan fingerprint density at radius 2 is 2.04 bits per heavy atom. The van der Waals surface area contributed by atoms with Crippen LogP contribution in [0.25, 0.3) is 0 Å². The zero-order valence-corrected chi connectivity index (χ0v) is 18.0. The Balaban J connectivity index is 1.69. The van der Waals surface area contributed by atoms with Crippen LogP contribution < -0.4 is 0 Å². The summed E-state index contributed by atoms with van der Waals surface area (Å²) < 4.78 is 30.4. The first-order chi connectivity index (χ1) is 13.1. The number of imidazole rings is 1. The standard InChI is InChI=1S/C19H31N5O3S/c1-14(2)23-11-17(20-13-23)16-10-24(28(26,27)21(3)4)12-19(16)7-8-22(18(19)25)9-15-5-6-15/h11,13-16H,5-10,12H2,1-4H3. The van der Waals surface area contributed by atoms with Crippen LogP contribution in [0.4, 0.5) is 0 Å². The number of rotatable bonds is 6. The number of carbonyl (C=O) groups excluding carboxylic acids is 1. The molecule has 2 aliphatic heterocycles. The molecule has 2 saturated heterocycles. The van der Waals surface area contributed by atoms with Crippen LogP contribution in [0.15, 0.2) is 12.5 Å². The molecule has 1 spiro atoms. The minimum atomic E-state index is -3.58. The first-order valence-corrected chi connectivity index (χ1v) is 11.5. The van der Waals surface area contributed by atoms with Crippen molar-refractivity contribution in [3.8, 4) is 0 Å². The van der Waals surface area contributed by atoms with E-state index in [4.69, 9.17) is 0 Å². The fourth-order valence-corrected chi connectivity index (χ4v) is 5.77. The maximum absolute atomic E-state index is 13.5. The lowest BCUT2D eigenvalue weighted by Crippen LogP contribution is -2.43. The van der Waals surface area contributed by atoms with Crippen LogP contribution >= 0.6 is 0 Å². The molecule has 1 aromatic rings. The first kappa shape index (κ1) is 19.8. The summed E-state index contributed by atoms with van der Waals surface area (Å²) in [4.78, 5) is 20.1. The van der Waals surface area contributed by atoms with Crippen molar-refractivity contribution in [2.45, 2.75) is 45.1 Å². The van der Waals surface area contributed by atoms with Crippen molar-refractivity contribution in [3.63, 3.8) is 0 Å². The molecule has 0 N–H and O–H groups in total. The predicted molar refractivity (Wildman–Crippen MR) is 106 cm³/mol. The minimum Gasteiger partial charge on any atom is -0.342 e. The minimum absolute atomic E-state index is 0.111. The van der Waals surface area contributed by atoms with Crippen molar-refractivity contribution in [2.24, 2.45) is 11.3 Å². The summed E-state index contributed by atoms with van der Waals surface area (Å²) in [7, 11) is -0.500. The van der Waals surface area contributed by atoms with Crippen LogP contribution in [0.1, 0.15) is 50.8 Å². The van der Waals surface area contributed by atoms with Gasteiger partial charge in [0.25, 0.3) is 10.2 Å². The van der Waals surface area contributed by atoms with Crippen LogP contribution in [0.3, 0.4) is 0 Å². The van der Waals surface area contributed by atoms with Gasteiger partial charge in [-0.1, -0.05) is 0 Å². The topological polar surface area (TPSA) is 78.8 Å². The maximum atomic E-state index is 13.5. The van der Waals surface area contributed by atoms with Crippen molar-refractivity contribution in [2.75, 3.05) is 40.3 Å². The number of likely N-dealkylation sites (tertiary alicyclic amines) is 1. The van der Waals surface area contributed by atoms with Crippen LogP contribution in [0, 0.1) is 11.3 Å². The van der Waals surface area contributed by atoms with Crippen LogP contribution in [-0.2, 0) is 15.0 Å². The average molecular weight is 410 g/mol. The molecule has 0 aromatic carbocycles. The van der Waals surface area contributed by atoms with Gasteiger partial charge in [0.2, 0.25) is 5.91 Å². The summed E-state index contributed by atoms with van der Waals surface area (Å²) in [6, 6.07) is 0.269. The number of hydrogen-bond donors (Lipinski definition) is 0. The third kappa shape index (κ3) is 3.17. The third-order valence-corrected chi connectivity index (χ3v) is 8.44. The largest absolute Gasteiger partial charge is 0.342 e. The molecule has 1 aromatic heterocycles. The molecule has 8 nitrogen and oxygen atoms in total. The fraction of sp³-hybridized carbons (Fsp3) is 0.789. The molecule has 2 atom stereocenters. The SMILES string of the molecule is CC(C)n1cnc(C2CN(S(=O)(=O)N(C)C)CC23CCN(CC2CC2)C3=O)c1. The fourth-order valence-electron chi connectivity index (χ4n) is 4.58. The maximum Gasteiger partial charge on any atom is 0.281 e. The van der Waals surface area contributed by atoms with E-state index in [0.29, 0.717) is 25.4 Å². The van der Waals surface area contributed by atoms with Gasteiger partial charge in [-0.15, -0.1) is 0 Å². The highest BCUT2D eigenvalue weighted by molar-refractivity contribution is 7.86. The summed E-state index contributed by atoms with van der Waals surface area (Å²) in [6.45, 7) is 6.24. The normalized spacial score (nSPS) is 29.1. The summed E-state index contributed by atoms with van der Waals surface area (Å²) in [5, 5.41) is 0. The van der Waals surface area contributed by atoms with Crippen molar-refractivity contribution < 1.29 is 13.2 Å².